The van der Waals surface area contributed by atoms with E-state index in [0.29, 0.717) is 16.7 Å². The Labute approximate surface area is 381 Å². The summed E-state index contributed by atoms with van der Waals surface area (Å²) in [5.41, 5.74) is -1.02. The lowest BCUT2D eigenvalue weighted by atomic mass is 9.70. The minimum absolute atomic E-state index is 0.0277. The largest absolute Gasteiger partial charge is 0.484 e. The summed E-state index contributed by atoms with van der Waals surface area (Å²) in [6, 6.07) is 19.7. The molecule has 0 amide bonds. The van der Waals surface area contributed by atoms with Gasteiger partial charge in [0, 0.05) is 66.2 Å². The summed E-state index contributed by atoms with van der Waals surface area (Å²) in [4.78, 5) is 102. The molecule has 0 unspecified atom stereocenters. The highest BCUT2D eigenvalue weighted by Gasteiger charge is 2.86. The summed E-state index contributed by atoms with van der Waals surface area (Å²) in [6.45, 7) is 7.86. The lowest BCUT2D eigenvalue weighted by Crippen LogP contribution is -2.59. The average Bonchev–Trinajstić information content (AvgIpc) is 3.91. The first-order chi connectivity index (χ1) is 31.8. The van der Waals surface area contributed by atoms with Crippen LogP contribution in [0.3, 0.4) is 0 Å². The normalized spacial score (nSPS) is 25.3. The van der Waals surface area contributed by atoms with Crippen molar-refractivity contribution in [3.8, 4) is 34.5 Å². The molecular weight excluding hydrogens is 881 g/mol. The molecule has 0 saturated carbocycles. The minimum atomic E-state index is -2.56. The van der Waals surface area contributed by atoms with Crippen LogP contribution in [0.25, 0.3) is 0 Å². The number of benzene rings is 4. The highest BCUT2D eigenvalue weighted by molar-refractivity contribution is 5.90. The predicted molar refractivity (Wildman–Crippen MR) is 223 cm³/mol. The maximum absolute atomic E-state index is 15.0. The van der Waals surface area contributed by atoms with Gasteiger partial charge in [0.1, 0.15) is 40.6 Å². The molecule has 4 aliphatic heterocycles. The van der Waals surface area contributed by atoms with Crippen LogP contribution in [0.1, 0.15) is 100 Å². The minimum Gasteiger partial charge on any atom is -0.484 e. The summed E-state index contributed by atoms with van der Waals surface area (Å²) < 4.78 is 65.2. The first-order valence-corrected chi connectivity index (χ1v) is 20.8. The van der Waals surface area contributed by atoms with Gasteiger partial charge < -0.3 is 52.1 Å². The monoisotopic (exact) mass is 922 g/mol. The molecule has 0 aromatic heterocycles. The molecule has 19 nitrogen and oxygen atoms in total. The number of hydrogen-bond donors (Lipinski definition) is 0. The number of rotatable bonds is 11. The maximum Gasteiger partial charge on any atom is 0.358 e. The molecule has 3 saturated heterocycles. The van der Waals surface area contributed by atoms with Gasteiger partial charge >= 0.3 is 47.8 Å². The van der Waals surface area contributed by atoms with E-state index in [2.05, 4.69) is 0 Å². The molecule has 348 valence electrons. The molecule has 4 aromatic carbocycles. The van der Waals surface area contributed by atoms with Crippen molar-refractivity contribution in [1.29, 1.82) is 0 Å². The average molecular weight is 923 g/mol. The Morgan fingerprint density at radius 2 is 1.03 bits per heavy atom. The van der Waals surface area contributed by atoms with Gasteiger partial charge in [0.25, 0.3) is 11.4 Å². The van der Waals surface area contributed by atoms with Crippen LogP contribution in [0.2, 0.25) is 0 Å². The molecule has 8 rings (SSSR count). The van der Waals surface area contributed by atoms with Gasteiger partial charge in [-0.3, -0.25) is 33.6 Å². The lowest BCUT2D eigenvalue weighted by Gasteiger charge is -2.36. The second-order valence-corrected chi connectivity index (χ2v) is 16.1. The van der Waals surface area contributed by atoms with Crippen LogP contribution in [0.5, 0.6) is 34.5 Å². The SMILES string of the molecule is CC(=O)Oc1ccc([C@@H]2Oc3cc(OC(C)=O)cc([C@H]4[C@H](c5ccc(OC(C)=O)cc5)O[C@]56OC[C@H](OC(C)=O)[C@H]5OC(=O)[C@]46OC(C)=O)c3[C@H]2c2cc(OC(C)=O)cc(OC(C)=O)c2)cc1. The topological polar surface area (TPSA) is 238 Å². The van der Waals surface area contributed by atoms with Crippen molar-refractivity contribution in [3.63, 3.8) is 0 Å². The van der Waals surface area contributed by atoms with E-state index in [0.717, 1.165) is 13.8 Å². The van der Waals surface area contributed by atoms with Crippen LogP contribution >= 0.6 is 0 Å². The van der Waals surface area contributed by atoms with E-state index in [1.165, 1.54) is 89.2 Å². The Morgan fingerprint density at radius 1 is 0.537 bits per heavy atom. The third kappa shape index (κ3) is 8.54. The zero-order valence-corrected chi connectivity index (χ0v) is 36.9. The highest BCUT2D eigenvalue weighted by Crippen LogP contribution is 2.67. The summed E-state index contributed by atoms with van der Waals surface area (Å²) >= 11 is 0. The zero-order valence-electron chi connectivity index (χ0n) is 36.9. The van der Waals surface area contributed by atoms with Gasteiger partial charge in [-0.05, 0) is 64.7 Å². The van der Waals surface area contributed by atoms with Crippen LogP contribution in [0, 0.1) is 0 Å². The fraction of sp³-hybridized carbons (Fsp3) is 0.333. The number of ether oxygens (including phenoxy) is 11. The van der Waals surface area contributed by atoms with Crippen LogP contribution < -0.4 is 28.4 Å². The van der Waals surface area contributed by atoms with Gasteiger partial charge in [0.05, 0.1) is 24.5 Å². The standard InChI is InChI=1S/C48H42O19/c1-22(49)58-32-12-8-29(9-13-32)43-40(31-16-34(60-24(3)51)18-35(17-31)61-25(4)52)41-37(19-36(62-26(5)53)20-38(41)64-43)42-44(30-10-14-33(15-11-30)59-23(2)50)67-48-45(39(21-57-48)63-27(6)54)65-46(56)47(42,48)66-28(7)55/h8-20,39-40,42-45H,21H2,1-7H3/t39-,40+,42-,43-,44-,45+,47+,48+/m0/s1. The van der Waals surface area contributed by atoms with Gasteiger partial charge in [-0.2, -0.15) is 0 Å². The number of carbonyl (C=O) groups excluding carboxylic acids is 8. The lowest BCUT2D eigenvalue weighted by molar-refractivity contribution is -0.265. The molecular formula is C48H42O19. The summed E-state index contributed by atoms with van der Waals surface area (Å²) in [7, 11) is 0. The third-order valence-electron chi connectivity index (χ3n) is 11.2. The van der Waals surface area contributed by atoms with Gasteiger partial charge in [0.15, 0.2) is 12.2 Å². The van der Waals surface area contributed by atoms with Crippen LogP contribution in [0.4, 0.5) is 0 Å². The number of hydrogen-bond acceptors (Lipinski definition) is 19. The van der Waals surface area contributed by atoms with Gasteiger partial charge in [-0.15, -0.1) is 0 Å². The van der Waals surface area contributed by atoms with Crippen molar-refractivity contribution in [2.24, 2.45) is 0 Å². The van der Waals surface area contributed by atoms with Crippen molar-refractivity contribution >= 4 is 47.8 Å². The Balaban J connectivity index is 1.44. The van der Waals surface area contributed by atoms with Crippen molar-refractivity contribution in [1.82, 2.24) is 0 Å². The number of esters is 8. The highest BCUT2D eigenvalue weighted by atomic mass is 16.8. The molecule has 0 aliphatic carbocycles. The predicted octanol–water partition coefficient (Wildman–Crippen LogP) is 5.32. The van der Waals surface area contributed by atoms with E-state index in [1.54, 1.807) is 24.3 Å². The molecule has 3 fully saturated rings. The second-order valence-electron chi connectivity index (χ2n) is 16.1. The Morgan fingerprint density at radius 3 is 1.52 bits per heavy atom. The zero-order chi connectivity index (χ0) is 48.1. The Kier molecular flexibility index (Phi) is 12.1. The molecule has 8 atom stereocenters. The van der Waals surface area contributed by atoms with Crippen LogP contribution in [-0.2, 0) is 62.0 Å². The molecule has 4 heterocycles. The van der Waals surface area contributed by atoms with Gasteiger partial charge in [-0.25, -0.2) is 4.79 Å². The Bertz CT molecular complexity index is 2690. The Hall–Kier alpha value is -7.64. The summed E-state index contributed by atoms with van der Waals surface area (Å²) in [5, 5.41) is 0. The summed E-state index contributed by atoms with van der Waals surface area (Å²) in [5.74, 6) is -10.7. The second kappa shape index (κ2) is 17.6. The van der Waals surface area contributed by atoms with Crippen molar-refractivity contribution in [3.05, 3.63) is 107 Å². The van der Waals surface area contributed by atoms with Crippen LogP contribution in [0.15, 0.2) is 78.9 Å². The van der Waals surface area contributed by atoms with Gasteiger partial charge in [0.2, 0.25) is 0 Å². The van der Waals surface area contributed by atoms with Crippen molar-refractivity contribution in [2.75, 3.05) is 6.61 Å². The fourth-order valence-electron chi connectivity index (χ4n) is 9.29. The third-order valence-corrected chi connectivity index (χ3v) is 11.2. The molecule has 67 heavy (non-hydrogen) atoms. The van der Waals surface area contributed by atoms with E-state index in [-0.39, 0.29) is 52.2 Å². The molecule has 4 aromatic rings. The van der Waals surface area contributed by atoms with E-state index in [9.17, 15) is 38.4 Å². The molecule has 4 aliphatic rings. The molecule has 0 N–H and O–H groups in total. The fourth-order valence-corrected chi connectivity index (χ4v) is 9.29. The maximum atomic E-state index is 15.0. The molecule has 19 heteroatoms. The summed E-state index contributed by atoms with van der Waals surface area (Å²) in [6.07, 6.45) is -5.13. The van der Waals surface area contributed by atoms with E-state index in [1.807, 2.05) is 0 Å². The molecule has 0 bridgehead atoms. The smallest absolute Gasteiger partial charge is 0.358 e. The van der Waals surface area contributed by atoms with E-state index >= 15 is 0 Å². The molecule has 1 spiro atoms. The van der Waals surface area contributed by atoms with Crippen molar-refractivity contribution < 1.29 is 90.5 Å². The molecule has 0 radical (unpaired) electrons. The number of carbonyl (C=O) groups is 8. The number of fused-ring (bicyclic) bond motifs is 1. The first-order valence-electron chi connectivity index (χ1n) is 20.8. The van der Waals surface area contributed by atoms with E-state index in [4.69, 9.17) is 52.1 Å². The quantitative estimate of drug-likeness (QED) is 0.105. The van der Waals surface area contributed by atoms with Gasteiger partial charge in [-0.1, -0.05) is 24.3 Å². The first kappa shape index (κ1) is 45.9. The van der Waals surface area contributed by atoms with Crippen molar-refractivity contribution in [2.45, 2.75) is 96.1 Å². The van der Waals surface area contributed by atoms with Crippen LogP contribution in [-0.4, -0.2) is 78.0 Å². The van der Waals surface area contributed by atoms with E-state index < -0.39 is 95.4 Å².